The molecule has 2 rings (SSSR count). The lowest BCUT2D eigenvalue weighted by Gasteiger charge is -2.36. The highest BCUT2D eigenvalue weighted by molar-refractivity contribution is 5.80. The predicted molar refractivity (Wildman–Crippen MR) is 66.2 cm³/mol. The zero-order valence-corrected chi connectivity index (χ0v) is 10.5. The molecule has 2 aliphatic rings. The summed E-state index contributed by atoms with van der Waals surface area (Å²) in [5, 5.41) is 15.3. The molecule has 4 N–H and O–H groups in total. The zero-order valence-electron chi connectivity index (χ0n) is 10.5. The third-order valence-electron chi connectivity index (χ3n) is 3.97. The summed E-state index contributed by atoms with van der Waals surface area (Å²) in [6, 6.07) is 0. The Kier molecular flexibility index (Phi) is 3.58. The molecule has 0 bridgehead atoms. The molecule has 1 aliphatic heterocycles. The van der Waals surface area contributed by atoms with E-state index in [2.05, 4.69) is 17.4 Å². The Bertz CT molecular complexity index is 294. The molecular weight excluding hydrogens is 218 g/mol. The second-order valence-corrected chi connectivity index (χ2v) is 5.84. The van der Waals surface area contributed by atoms with Gasteiger partial charge in [0.2, 0.25) is 0 Å². The molecule has 2 fully saturated rings. The van der Waals surface area contributed by atoms with Crippen molar-refractivity contribution >= 4 is 5.84 Å². The van der Waals surface area contributed by atoms with Crippen molar-refractivity contribution in [1.82, 2.24) is 5.32 Å². The molecule has 0 spiro atoms. The number of hydrogen-bond donors (Lipinski definition) is 3. The molecule has 0 aromatic heterocycles. The molecule has 1 saturated carbocycles. The summed E-state index contributed by atoms with van der Waals surface area (Å²) < 4.78 is 5.52. The molecular formula is C12H23N3O2. The lowest BCUT2D eigenvalue weighted by atomic mass is 9.92. The summed E-state index contributed by atoms with van der Waals surface area (Å²) in [7, 11) is 0. The second-order valence-electron chi connectivity index (χ2n) is 5.84. The van der Waals surface area contributed by atoms with Crippen molar-refractivity contribution in [3.63, 3.8) is 0 Å². The first-order chi connectivity index (χ1) is 8.08. The number of nitrogens with two attached hydrogens (primary N) is 1. The van der Waals surface area contributed by atoms with Crippen LogP contribution in [0.3, 0.4) is 0 Å². The lowest BCUT2D eigenvalue weighted by molar-refractivity contribution is 0.0264. The third-order valence-corrected chi connectivity index (χ3v) is 3.97. The summed E-state index contributed by atoms with van der Waals surface area (Å²) >= 11 is 0. The van der Waals surface area contributed by atoms with E-state index in [0.717, 1.165) is 45.4 Å². The van der Waals surface area contributed by atoms with Crippen molar-refractivity contribution in [3.05, 3.63) is 0 Å². The van der Waals surface area contributed by atoms with Crippen LogP contribution in [-0.2, 0) is 4.74 Å². The molecule has 0 amide bonds. The quantitative estimate of drug-likeness (QED) is 0.291. The monoisotopic (exact) mass is 241 g/mol. The zero-order chi connectivity index (χ0) is 12.4. The molecule has 0 aromatic carbocycles. The highest BCUT2D eigenvalue weighted by atomic mass is 16.5. The fourth-order valence-corrected chi connectivity index (χ4v) is 2.49. The Morgan fingerprint density at radius 1 is 1.47 bits per heavy atom. The van der Waals surface area contributed by atoms with Gasteiger partial charge in [0.1, 0.15) is 5.84 Å². The molecule has 98 valence electrons. The number of ether oxygens (including phenoxy) is 1. The average molecular weight is 241 g/mol. The molecule has 0 radical (unpaired) electrons. The first kappa shape index (κ1) is 12.6. The smallest absolute Gasteiger partial charge is 0.139 e. The molecule has 1 unspecified atom stereocenters. The van der Waals surface area contributed by atoms with Crippen LogP contribution >= 0.6 is 0 Å². The van der Waals surface area contributed by atoms with E-state index < -0.39 is 0 Å². The SMILES string of the molecule is CC1(NCC2(CC(N)=NO)CC2)CCCOC1. The summed E-state index contributed by atoms with van der Waals surface area (Å²) in [4.78, 5) is 0. The van der Waals surface area contributed by atoms with Gasteiger partial charge in [-0.15, -0.1) is 0 Å². The van der Waals surface area contributed by atoms with Gasteiger partial charge in [0, 0.05) is 25.1 Å². The molecule has 1 aliphatic carbocycles. The van der Waals surface area contributed by atoms with Crippen molar-refractivity contribution in [2.24, 2.45) is 16.3 Å². The van der Waals surface area contributed by atoms with Gasteiger partial charge < -0.3 is 21.0 Å². The lowest BCUT2D eigenvalue weighted by Crippen LogP contribution is -2.51. The minimum absolute atomic E-state index is 0.0962. The van der Waals surface area contributed by atoms with Crippen molar-refractivity contribution in [2.75, 3.05) is 19.8 Å². The molecule has 17 heavy (non-hydrogen) atoms. The third kappa shape index (κ3) is 3.33. The summed E-state index contributed by atoms with van der Waals surface area (Å²) in [5.74, 6) is 0.342. The average Bonchev–Trinajstić information content (AvgIpc) is 3.08. The van der Waals surface area contributed by atoms with Crippen LogP contribution in [0.4, 0.5) is 0 Å². The highest BCUT2D eigenvalue weighted by Crippen LogP contribution is 2.48. The number of hydrogen-bond acceptors (Lipinski definition) is 4. The maximum Gasteiger partial charge on any atom is 0.139 e. The maximum absolute atomic E-state index is 8.62. The van der Waals surface area contributed by atoms with Crippen LogP contribution < -0.4 is 11.1 Å². The van der Waals surface area contributed by atoms with E-state index in [1.54, 1.807) is 0 Å². The van der Waals surface area contributed by atoms with Crippen LogP contribution in [0, 0.1) is 5.41 Å². The number of rotatable bonds is 5. The second kappa shape index (κ2) is 4.82. The Morgan fingerprint density at radius 3 is 2.76 bits per heavy atom. The highest BCUT2D eigenvalue weighted by Gasteiger charge is 2.44. The Balaban J connectivity index is 1.81. The van der Waals surface area contributed by atoms with Gasteiger partial charge in [0.25, 0.3) is 0 Å². The van der Waals surface area contributed by atoms with Gasteiger partial charge >= 0.3 is 0 Å². The van der Waals surface area contributed by atoms with Crippen molar-refractivity contribution < 1.29 is 9.94 Å². The number of amidine groups is 1. The minimum Gasteiger partial charge on any atom is -0.409 e. The van der Waals surface area contributed by atoms with E-state index in [1.807, 2.05) is 0 Å². The van der Waals surface area contributed by atoms with Gasteiger partial charge in [-0.2, -0.15) is 0 Å². The van der Waals surface area contributed by atoms with E-state index in [4.69, 9.17) is 15.7 Å². The van der Waals surface area contributed by atoms with Gasteiger partial charge in [-0.25, -0.2) is 0 Å². The summed E-state index contributed by atoms with van der Waals surface area (Å²) in [6.45, 7) is 4.81. The fourth-order valence-electron chi connectivity index (χ4n) is 2.49. The maximum atomic E-state index is 8.62. The number of nitrogens with one attached hydrogen (secondary N) is 1. The van der Waals surface area contributed by atoms with E-state index in [0.29, 0.717) is 12.3 Å². The number of oxime groups is 1. The summed E-state index contributed by atoms with van der Waals surface area (Å²) in [5.41, 5.74) is 5.90. The topological polar surface area (TPSA) is 79.9 Å². The van der Waals surface area contributed by atoms with Crippen molar-refractivity contribution in [2.45, 2.75) is 44.6 Å². The van der Waals surface area contributed by atoms with E-state index >= 15 is 0 Å². The fraction of sp³-hybridized carbons (Fsp3) is 0.917. The van der Waals surface area contributed by atoms with Gasteiger partial charge in [-0.05, 0) is 38.0 Å². The van der Waals surface area contributed by atoms with Crippen LogP contribution in [0.1, 0.15) is 39.0 Å². The molecule has 5 nitrogen and oxygen atoms in total. The van der Waals surface area contributed by atoms with Crippen LogP contribution in [0.15, 0.2) is 5.16 Å². The van der Waals surface area contributed by atoms with Crippen LogP contribution in [-0.4, -0.2) is 36.3 Å². The Morgan fingerprint density at radius 2 is 2.24 bits per heavy atom. The van der Waals surface area contributed by atoms with Crippen LogP contribution in [0.5, 0.6) is 0 Å². The molecule has 1 atom stereocenters. The predicted octanol–water partition coefficient (Wildman–Crippen LogP) is 1.06. The van der Waals surface area contributed by atoms with Crippen LogP contribution in [0.2, 0.25) is 0 Å². The van der Waals surface area contributed by atoms with Gasteiger partial charge in [-0.3, -0.25) is 0 Å². The van der Waals surface area contributed by atoms with E-state index in [9.17, 15) is 0 Å². The first-order valence-electron chi connectivity index (χ1n) is 6.37. The molecule has 1 saturated heterocycles. The van der Waals surface area contributed by atoms with Crippen LogP contribution in [0.25, 0.3) is 0 Å². The normalized spacial score (nSPS) is 32.4. The number of nitrogens with zero attached hydrogens (tertiary/aromatic N) is 1. The van der Waals surface area contributed by atoms with Gasteiger partial charge in [0.15, 0.2) is 0 Å². The van der Waals surface area contributed by atoms with Crippen molar-refractivity contribution in [1.29, 1.82) is 0 Å². The van der Waals surface area contributed by atoms with E-state index in [-0.39, 0.29) is 11.0 Å². The standard InChI is InChI=1S/C12H23N3O2/c1-11(3-2-6-17-9-11)14-8-12(4-5-12)7-10(13)15-16/h14,16H,2-9H2,1H3,(H2,13,15). The van der Waals surface area contributed by atoms with Gasteiger partial charge in [-0.1, -0.05) is 5.16 Å². The molecule has 5 heteroatoms. The van der Waals surface area contributed by atoms with E-state index in [1.165, 1.54) is 0 Å². The molecule has 1 heterocycles. The van der Waals surface area contributed by atoms with Gasteiger partial charge in [0.05, 0.1) is 6.61 Å². The van der Waals surface area contributed by atoms with Crippen molar-refractivity contribution in [3.8, 4) is 0 Å². The Hall–Kier alpha value is -0.810. The minimum atomic E-state index is 0.0962. The Labute approximate surface area is 102 Å². The summed E-state index contributed by atoms with van der Waals surface area (Å²) in [6.07, 6.45) is 5.29. The largest absolute Gasteiger partial charge is 0.409 e. The first-order valence-corrected chi connectivity index (χ1v) is 6.37. The molecule has 0 aromatic rings.